The molecular formula is C11H15F3N4O. The van der Waals surface area contributed by atoms with Gasteiger partial charge < -0.3 is 10.1 Å². The maximum atomic E-state index is 12.4. The SMILES string of the molecule is FC(F)(F)c1ccnc(OCCN2CCNCC2)n1. The summed E-state index contributed by atoms with van der Waals surface area (Å²) in [5, 5.41) is 3.21. The molecular weight excluding hydrogens is 261 g/mol. The number of nitrogens with one attached hydrogen (secondary N) is 1. The summed E-state index contributed by atoms with van der Waals surface area (Å²) in [4.78, 5) is 9.18. The topological polar surface area (TPSA) is 50.3 Å². The Bertz CT molecular complexity index is 407. The summed E-state index contributed by atoms with van der Waals surface area (Å²) < 4.78 is 42.4. The van der Waals surface area contributed by atoms with Crippen molar-refractivity contribution < 1.29 is 17.9 Å². The smallest absolute Gasteiger partial charge is 0.433 e. The molecule has 0 spiro atoms. The summed E-state index contributed by atoms with van der Waals surface area (Å²) in [6.07, 6.45) is -3.42. The molecule has 19 heavy (non-hydrogen) atoms. The number of rotatable bonds is 4. The Morgan fingerprint density at radius 2 is 2.05 bits per heavy atom. The minimum atomic E-state index is -4.47. The van der Waals surface area contributed by atoms with Crippen molar-refractivity contribution >= 4 is 0 Å². The minimum absolute atomic E-state index is 0.232. The van der Waals surface area contributed by atoms with E-state index in [2.05, 4.69) is 20.2 Å². The van der Waals surface area contributed by atoms with Gasteiger partial charge in [0.05, 0.1) is 0 Å². The molecule has 106 valence electrons. The highest BCUT2D eigenvalue weighted by Crippen LogP contribution is 2.27. The maximum absolute atomic E-state index is 12.4. The fourth-order valence-corrected chi connectivity index (χ4v) is 1.77. The Kier molecular flexibility index (Phi) is 4.54. The summed E-state index contributed by atoms with van der Waals surface area (Å²) in [7, 11) is 0. The monoisotopic (exact) mass is 276 g/mol. The first-order valence-electron chi connectivity index (χ1n) is 6.02. The molecule has 1 saturated heterocycles. The average molecular weight is 276 g/mol. The van der Waals surface area contributed by atoms with Crippen LogP contribution in [-0.4, -0.2) is 54.2 Å². The first kappa shape index (κ1) is 14.0. The van der Waals surface area contributed by atoms with Crippen LogP contribution in [0.15, 0.2) is 12.3 Å². The highest BCUT2D eigenvalue weighted by molar-refractivity contribution is 5.08. The van der Waals surface area contributed by atoms with Crippen LogP contribution in [0.1, 0.15) is 5.69 Å². The summed E-state index contributed by atoms with van der Waals surface area (Å²) in [5.41, 5.74) is -0.986. The molecule has 1 aromatic rings. The van der Waals surface area contributed by atoms with Gasteiger partial charge in [0.15, 0.2) is 5.69 Å². The molecule has 8 heteroatoms. The van der Waals surface area contributed by atoms with Crippen molar-refractivity contribution in [1.82, 2.24) is 20.2 Å². The van der Waals surface area contributed by atoms with Crippen LogP contribution in [0.3, 0.4) is 0 Å². The van der Waals surface area contributed by atoms with Gasteiger partial charge >= 0.3 is 12.2 Å². The van der Waals surface area contributed by atoms with Gasteiger partial charge in [-0.2, -0.15) is 18.2 Å². The van der Waals surface area contributed by atoms with Crippen molar-refractivity contribution in [2.45, 2.75) is 6.18 Å². The molecule has 5 nitrogen and oxygen atoms in total. The zero-order valence-electron chi connectivity index (χ0n) is 10.3. The predicted molar refractivity (Wildman–Crippen MR) is 61.8 cm³/mol. The molecule has 0 bridgehead atoms. The second kappa shape index (κ2) is 6.16. The van der Waals surface area contributed by atoms with Crippen molar-refractivity contribution in [2.24, 2.45) is 0 Å². The van der Waals surface area contributed by atoms with Crippen LogP contribution in [0.25, 0.3) is 0 Å². The van der Waals surface area contributed by atoms with Gasteiger partial charge in [0.2, 0.25) is 0 Å². The third-order valence-corrected chi connectivity index (χ3v) is 2.77. The van der Waals surface area contributed by atoms with E-state index in [-0.39, 0.29) is 12.6 Å². The number of piperazine rings is 1. The number of nitrogens with zero attached hydrogens (tertiary/aromatic N) is 3. The highest BCUT2D eigenvalue weighted by Gasteiger charge is 2.33. The fourth-order valence-electron chi connectivity index (χ4n) is 1.77. The van der Waals surface area contributed by atoms with Gasteiger partial charge in [-0.25, -0.2) is 4.98 Å². The molecule has 2 heterocycles. The van der Waals surface area contributed by atoms with Crippen LogP contribution in [-0.2, 0) is 6.18 Å². The zero-order chi connectivity index (χ0) is 13.7. The molecule has 1 aromatic heterocycles. The second-order valence-corrected chi connectivity index (χ2v) is 4.16. The molecule has 1 aliphatic heterocycles. The zero-order valence-corrected chi connectivity index (χ0v) is 10.3. The van der Waals surface area contributed by atoms with Crippen molar-refractivity contribution in [2.75, 3.05) is 39.3 Å². The largest absolute Gasteiger partial charge is 0.462 e. The molecule has 1 fully saturated rings. The molecule has 0 radical (unpaired) electrons. The Balaban J connectivity index is 1.82. The molecule has 0 saturated carbocycles. The molecule has 1 aliphatic rings. The van der Waals surface area contributed by atoms with E-state index in [4.69, 9.17) is 4.74 Å². The number of halogens is 3. The fraction of sp³-hybridized carbons (Fsp3) is 0.636. The lowest BCUT2D eigenvalue weighted by Crippen LogP contribution is -2.44. The first-order valence-corrected chi connectivity index (χ1v) is 6.02. The summed E-state index contributed by atoms with van der Waals surface area (Å²) >= 11 is 0. The quantitative estimate of drug-likeness (QED) is 0.880. The second-order valence-electron chi connectivity index (χ2n) is 4.16. The van der Waals surface area contributed by atoms with E-state index in [1.54, 1.807) is 0 Å². The third kappa shape index (κ3) is 4.32. The lowest BCUT2D eigenvalue weighted by atomic mass is 10.4. The lowest BCUT2D eigenvalue weighted by Gasteiger charge is -2.26. The van der Waals surface area contributed by atoms with E-state index < -0.39 is 11.9 Å². The van der Waals surface area contributed by atoms with Crippen LogP contribution in [0.2, 0.25) is 0 Å². The van der Waals surface area contributed by atoms with Gasteiger partial charge in [-0.1, -0.05) is 0 Å². The number of aromatic nitrogens is 2. The van der Waals surface area contributed by atoms with Crippen LogP contribution >= 0.6 is 0 Å². The predicted octanol–water partition coefficient (Wildman–Crippen LogP) is 0.779. The lowest BCUT2D eigenvalue weighted by molar-refractivity contribution is -0.141. The van der Waals surface area contributed by atoms with Gasteiger partial charge in [-0.15, -0.1) is 0 Å². The standard InChI is InChI=1S/C11H15F3N4O/c12-11(13,14)9-1-2-16-10(17-9)19-8-7-18-5-3-15-4-6-18/h1-2,15H,3-8H2. The highest BCUT2D eigenvalue weighted by atomic mass is 19.4. The van der Waals surface area contributed by atoms with Gasteiger partial charge in [-0.3, -0.25) is 4.90 Å². The molecule has 0 aromatic carbocycles. The number of hydrogen-bond donors (Lipinski definition) is 1. The van der Waals surface area contributed by atoms with Crippen molar-refractivity contribution in [3.05, 3.63) is 18.0 Å². The van der Waals surface area contributed by atoms with Crippen molar-refractivity contribution in [3.8, 4) is 6.01 Å². The maximum Gasteiger partial charge on any atom is 0.433 e. The first-order chi connectivity index (χ1) is 9.05. The van der Waals surface area contributed by atoms with Gasteiger partial charge in [-0.05, 0) is 6.07 Å². The molecule has 0 unspecified atom stereocenters. The summed E-state index contributed by atoms with van der Waals surface area (Å²) in [5.74, 6) is 0. The Labute approximate surface area is 108 Å². The Morgan fingerprint density at radius 3 is 2.74 bits per heavy atom. The van der Waals surface area contributed by atoms with Crippen LogP contribution < -0.4 is 10.1 Å². The summed E-state index contributed by atoms with van der Waals surface area (Å²) in [6.45, 7) is 4.59. The number of ether oxygens (including phenoxy) is 1. The van der Waals surface area contributed by atoms with Crippen LogP contribution in [0, 0.1) is 0 Å². The van der Waals surface area contributed by atoms with Gasteiger partial charge in [0.1, 0.15) is 6.61 Å². The van der Waals surface area contributed by atoms with Crippen LogP contribution in [0.4, 0.5) is 13.2 Å². The van der Waals surface area contributed by atoms with Gasteiger partial charge in [0.25, 0.3) is 0 Å². The Hall–Kier alpha value is -1.41. The molecule has 0 aliphatic carbocycles. The van der Waals surface area contributed by atoms with Gasteiger partial charge in [0, 0.05) is 38.9 Å². The number of alkyl halides is 3. The third-order valence-electron chi connectivity index (χ3n) is 2.77. The van der Waals surface area contributed by atoms with Crippen molar-refractivity contribution in [3.63, 3.8) is 0 Å². The summed E-state index contributed by atoms with van der Waals surface area (Å²) in [6, 6.07) is 0.591. The van der Waals surface area contributed by atoms with E-state index in [1.807, 2.05) is 0 Å². The van der Waals surface area contributed by atoms with E-state index in [1.165, 1.54) is 0 Å². The van der Waals surface area contributed by atoms with E-state index in [0.29, 0.717) is 6.54 Å². The van der Waals surface area contributed by atoms with E-state index >= 15 is 0 Å². The van der Waals surface area contributed by atoms with Crippen molar-refractivity contribution in [1.29, 1.82) is 0 Å². The Morgan fingerprint density at radius 1 is 1.32 bits per heavy atom. The van der Waals surface area contributed by atoms with E-state index in [9.17, 15) is 13.2 Å². The molecule has 1 N–H and O–H groups in total. The van der Waals surface area contributed by atoms with Crippen LogP contribution in [0.5, 0.6) is 6.01 Å². The molecule has 0 atom stereocenters. The molecule has 0 amide bonds. The average Bonchev–Trinajstić information content (AvgIpc) is 2.39. The minimum Gasteiger partial charge on any atom is -0.462 e. The number of hydrogen-bond acceptors (Lipinski definition) is 5. The molecule has 2 rings (SSSR count). The van der Waals surface area contributed by atoms with E-state index in [0.717, 1.165) is 38.4 Å². The normalized spacial score (nSPS) is 17.4.